The number of nitrogens with one attached hydrogen (secondary N) is 1. The highest BCUT2D eigenvalue weighted by Gasteiger charge is 2.41. The number of aliphatic hydroxyl groups is 1. The molecule has 0 saturated heterocycles. The summed E-state index contributed by atoms with van der Waals surface area (Å²) in [6, 6.07) is 7.75. The van der Waals surface area contributed by atoms with Crippen LogP contribution in [0.2, 0.25) is 0 Å². The molecule has 4 N–H and O–H groups in total. The van der Waals surface area contributed by atoms with E-state index in [1.165, 1.54) is 41.9 Å². The molecular formula is C22H18F4N6O2. The Balaban J connectivity index is 1.57. The molecule has 3 aromatic heterocycles. The third-order valence-corrected chi connectivity index (χ3v) is 5.16. The van der Waals surface area contributed by atoms with Crippen molar-refractivity contribution in [2.24, 2.45) is 0 Å². The van der Waals surface area contributed by atoms with Gasteiger partial charge in [-0.3, -0.25) is 9.78 Å². The average Bonchev–Trinajstić information content (AvgIpc) is 3.17. The Hall–Kier alpha value is -4.06. The van der Waals surface area contributed by atoms with Gasteiger partial charge in [-0.1, -0.05) is 12.1 Å². The zero-order chi connectivity index (χ0) is 24.6. The van der Waals surface area contributed by atoms with Crippen LogP contribution in [0.3, 0.4) is 0 Å². The highest BCUT2D eigenvalue weighted by molar-refractivity contribution is 5.97. The highest BCUT2D eigenvalue weighted by atomic mass is 19.3. The number of nitrogens with two attached hydrogens (primary N) is 1. The van der Waals surface area contributed by atoms with Crippen molar-refractivity contribution in [3.63, 3.8) is 0 Å². The molecular weight excluding hydrogens is 456 g/mol. The molecule has 0 aliphatic rings. The second-order valence-electron chi connectivity index (χ2n) is 7.55. The summed E-state index contributed by atoms with van der Waals surface area (Å²) in [6.45, 7) is 0.153. The van der Waals surface area contributed by atoms with E-state index in [-0.39, 0.29) is 17.1 Å². The molecule has 34 heavy (non-hydrogen) atoms. The van der Waals surface area contributed by atoms with Crippen molar-refractivity contribution in [1.82, 2.24) is 24.9 Å². The molecule has 0 spiro atoms. The van der Waals surface area contributed by atoms with E-state index >= 15 is 4.39 Å². The fourth-order valence-electron chi connectivity index (χ4n) is 3.39. The molecule has 0 aliphatic heterocycles. The summed E-state index contributed by atoms with van der Waals surface area (Å²) in [5.74, 6) is -6.60. The number of aryl methyl sites for hydroxylation is 1. The number of aromatic nitrogens is 4. The lowest BCUT2D eigenvalue weighted by molar-refractivity contribution is -0.108. The zero-order valence-electron chi connectivity index (χ0n) is 17.6. The number of anilines is 1. The molecule has 4 rings (SSSR count). The number of amides is 1. The Morgan fingerprint density at radius 3 is 2.71 bits per heavy atom. The number of hydrogen-bond acceptors (Lipinski definition) is 6. The number of benzene rings is 1. The molecule has 4 aromatic rings. The maximum absolute atomic E-state index is 15.3. The Labute approximate surface area is 190 Å². The van der Waals surface area contributed by atoms with Gasteiger partial charge < -0.3 is 16.2 Å². The van der Waals surface area contributed by atoms with E-state index < -0.39 is 47.4 Å². The summed E-state index contributed by atoms with van der Waals surface area (Å²) in [5.41, 5.74) is 5.63. The third kappa shape index (κ3) is 4.39. The summed E-state index contributed by atoms with van der Waals surface area (Å²) < 4.78 is 58.6. The first-order valence-corrected chi connectivity index (χ1v) is 9.94. The summed E-state index contributed by atoms with van der Waals surface area (Å²) >= 11 is 0. The first kappa shape index (κ1) is 23.1. The maximum atomic E-state index is 15.3. The van der Waals surface area contributed by atoms with Crippen molar-refractivity contribution < 1.29 is 27.5 Å². The normalized spacial score (nSPS) is 12.6. The minimum absolute atomic E-state index is 0.0283. The van der Waals surface area contributed by atoms with Gasteiger partial charge in [0.15, 0.2) is 11.8 Å². The van der Waals surface area contributed by atoms with E-state index in [4.69, 9.17) is 5.73 Å². The molecule has 12 heteroatoms. The van der Waals surface area contributed by atoms with Crippen LogP contribution in [0.25, 0.3) is 16.8 Å². The maximum Gasteiger partial charge on any atom is 0.295 e. The minimum atomic E-state index is -3.86. The SMILES string of the molecule is Cc1ccc(-c2ccn3nc(N)nc3c2)c(F)c1C(=O)NCC(F)(F)C(O)c1ccc(F)cn1. The van der Waals surface area contributed by atoms with Crippen LogP contribution in [0.1, 0.15) is 27.7 Å². The van der Waals surface area contributed by atoms with Crippen LogP contribution in [0, 0.1) is 18.6 Å². The van der Waals surface area contributed by atoms with Crippen LogP contribution in [0.4, 0.5) is 23.5 Å². The van der Waals surface area contributed by atoms with Crippen LogP contribution < -0.4 is 11.1 Å². The minimum Gasteiger partial charge on any atom is -0.380 e. The molecule has 1 amide bonds. The van der Waals surface area contributed by atoms with Gasteiger partial charge in [-0.05, 0) is 42.3 Å². The molecule has 1 unspecified atom stereocenters. The highest BCUT2D eigenvalue weighted by Crippen LogP contribution is 2.31. The first-order chi connectivity index (χ1) is 16.1. The number of rotatable bonds is 6. The lowest BCUT2D eigenvalue weighted by Crippen LogP contribution is -2.41. The first-order valence-electron chi connectivity index (χ1n) is 9.94. The number of nitrogens with zero attached hydrogens (tertiary/aromatic N) is 4. The van der Waals surface area contributed by atoms with Gasteiger partial charge in [0.25, 0.3) is 11.8 Å². The predicted octanol–water partition coefficient (Wildman–Crippen LogP) is 3.06. The smallest absolute Gasteiger partial charge is 0.295 e. The number of nitrogen functional groups attached to an aromatic ring is 1. The van der Waals surface area contributed by atoms with Crippen molar-refractivity contribution in [2.75, 3.05) is 12.3 Å². The van der Waals surface area contributed by atoms with Crippen LogP contribution in [0.5, 0.6) is 0 Å². The van der Waals surface area contributed by atoms with Gasteiger partial charge in [0.2, 0.25) is 5.95 Å². The van der Waals surface area contributed by atoms with Gasteiger partial charge in [-0.2, -0.15) is 4.98 Å². The van der Waals surface area contributed by atoms with E-state index in [0.29, 0.717) is 17.4 Å². The van der Waals surface area contributed by atoms with Crippen molar-refractivity contribution in [1.29, 1.82) is 0 Å². The Morgan fingerprint density at radius 1 is 1.24 bits per heavy atom. The van der Waals surface area contributed by atoms with E-state index in [9.17, 15) is 23.1 Å². The number of fused-ring (bicyclic) bond motifs is 1. The lowest BCUT2D eigenvalue weighted by Gasteiger charge is -2.23. The lowest BCUT2D eigenvalue weighted by atomic mass is 9.98. The molecule has 1 atom stereocenters. The van der Waals surface area contributed by atoms with Gasteiger partial charge in [0, 0.05) is 11.8 Å². The fraction of sp³-hybridized carbons (Fsp3) is 0.182. The Bertz CT molecular complexity index is 1370. The molecule has 1 aromatic carbocycles. The number of carbonyl (C=O) groups is 1. The number of hydrogen-bond donors (Lipinski definition) is 3. The quantitative estimate of drug-likeness (QED) is 0.370. The molecule has 8 nitrogen and oxygen atoms in total. The largest absolute Gasteiger partial charge is 0.380 e. The number of pyridine rings is 2. The molecule has 176 valence electrons. The number of halogens is 4. The summed E-state index contributed by atoms with van der Waals surface area (Å²) in [4.78, 5) is 20.1. The van der Waals surface area contributed by atoms with Crippen LogP contribution in [-0.4, -0.2) is 43.1 Å². The summed E-state index contributed by atoms with van der Waals surface area (Å²) in [6.07, 6.45) is -0.214. The zero-order valence-corrected chi connectivity index (χ0v) is 17.6. The Kier molecular flexibility index (Phi) is 5.92. The molecule has 0 saturated carbocycles. The van der Waals surface area contributed by atoms with Crippen LogP contribution in [0.15, 0.2) is 48.8 Å². The second kappa shape index (κ2) is 8.71. The standard InChI is InChI=1S/C22H18F4N6O2/c1-11-2-4-14(12-6-7-32-16(8-12)30-21(27)31-32)18(24)17(11)20(34)29-10-22(25,26)19(33)15-5-3-13(23)9-28-15/h2-9,19,33H,10H2,1H3,(H2,27,31)(H,29,34). The summed E-state index contributed by atoms with van der Waals surface area (Å²) in [5, 5.41) is 15.8. The van der Waals surface area contributed by atoms with E-state index in [1.54, 1.807) is 0 Å². The van der Waals surface area contributed by atoms with E-state index in [0.717, 1.165) is 12.1 Å². The fourth-order valence-corrected chi connectivity index (χ4v) is 3.39. The van der Waals surface area contributed by atoms with Gasteiger partial charge in [-0.15, -0.1) is 5.10 Å². The molecule has 0 bridgehead atoms. The Morgan fingerprint density at radius 2 is 2.00 bits per heavy atom. The number of alkyl halides is 2. The van der Waals surface area contributed by atoms with Crippen LogP contribution in [-0.2, 0) is 0 Å². The molecule has 3 heterocycles. The van der Waals surface area contributed by atoms with Crippen molar-refractivity contribution in [3.8, 4) is 11.1 Å². The second-order valence-corrected chi connectivity index (χ2v) is 7.55. The van der Waals surface area contributed by atoms with Gasteiger partial charge >= 0.3 is 0 Å². The van der Waals surface area contributed by atoms with Crippen LogP contribution >= 0.6 is 0 Å². The topological polar surface area (TPSA) is 118 Å². The number of aliphatic hydroxyl groups excluding tert-OH is 1. The monoisotopic (exact) mass is 474 g/mol. The van der Waals surface area contributed by atoms with Gasteiger partial charge in [0.05, 0.1) is 24.0 Å². The molecule has 0 radical (unpaired) electrons. The van der Waals surface area contributed by atoms with Crippen molar-refractivity contribution >= 4 is 17.5 Å². The number of carbonyl (C=O) groups excluding carboxylic acids is 1. The van der Waals surface area contributed by atoms with Crippen molar-refractivity contribution in [2.45, 2.75) is 19.0 Å². The average molecular weight is 474 g/mol. The van der Waals surface area contributed by atoms with Gasteiger partial charge in [-0.25, -0.2) is 22.1 Å². The summed E-state index contributed by atoms with van der Waals surface area (Å²) in [7, 11) is 0. The van der Waals surface area contributed by atoms with E-state index in [1.807, 2.05) is 5.32 Å². The molecule has 0 aliphatic carbocycles. The van der Waals surface area contributed by atoms with Gasteiger partial charge in [0.1, 0.15) is 11.6 Å². The third-order valence-electron chi connectivity index (χ3n) is 5.16. The molecule has 0 fully saturated rings. The predicted molar refractivity (Wildman–Crippen MR) is 114 cm³/mol. The van der Waals surface area contributed by atoms with E-state index in [2.05, 4.69) is 15.1 Å². The van der Waals surface area contributed by atoms with Crippen molar-refractivity contribution in [3.05, 3.63) is 77.2 Å².